The van der Waals surface area contributed by atoms with Gasteiger partial charge in [-0.15, -0.1) is 10.2 Å². The monoisotopic (exact) mass is 371 g/mol. The first-order chi connectivity index (χ1) is 12.5. The first-order valence-corrected chi connectivity index (χ1v) is 8.18. The van der Waals surface area contributed by atoms with Crippen LogP contribution in [0.3, 0.4) is 0 Å². The van der Waals surface area contributed by atoms with Crippen molar-refractivity contribution in [1.82, 2.24) is 10.2 Å². The molecule has 0 fully saturated rings. The van der Waals surface area contributed by atoms with Crippen LogP contribution in [0.15, 0.2) is 50.9 Å². The van der Waals surface area contributed by atoms with E-state index in [0.717, 1.165) is 17.8 Å². The Morgan fingerprint density at radius 3 is 2.54 bits per heavy atom. The summed E-state index contributed by atoms with van der Waals surface area (Å²) in [6.07, 6.45) is 0.443. The number of hydrogen-bond acceptors (Lipinski definition) is 8. The number of aromatic nitrogens is 2. The van der Waals surface area contributed by atoms with Gasteiger partial charge in [-0.25, -0.2) is 0 Å². The SMILES string of the molecule is CC(=O)Nc1ccc(-c2nnc(Sc3cc(O)c(C=O)cc3O)o2)cc1. The summed E-state index contributed by atoms with van der Waals surface area (Å²) < 4.78 is 5.54. The van der Waals surface area contributed by atoms with Crippen LogP contribution in [0.25, 0.3) is 11.5 Å². The van der Waals surface area contributed by atoms with Crippen molar-refractivity contribution < 1.29 is 24.2 Å². The second kappa shape index (κ2) is 7.28. The molecule has 0 bridgehead atoms. The van der Waals surface area contributed by atoms with Gasteiger partial charge in [0.2, 0.25) is 11.8 Å². The fraction of sp³-hybridized carbons (Fsp3) is 0.0588. The molecule has 3 rings (SSSR count). The highest BCUT2D eigenvalue weighted by atomic mass is 32.2. The molecule has 132 valence electrons. The molecular formula is C17H13N3O5S. The summed E-state index contributed by atoms with van der Waals surface area (Å²) in [5, 5.41) is 30.3. The van der Waals surface area contributed by atoms with E-state index in [4.69, 9.17) is 4.42 Å². The maximum atomic E-state index is 11.0. The van der Waals surface area contributed by atoms with Gasteiger partial charge in [0.15, 0.2) is 6.29 Å². The van der Waals surface area contributed by atoms with E-state index in [2.05, 4.69) is 15.5 Å². The Bertz CT molecular complexity index is 969. The molecule has 0 saturated carbocycles. The van der Waals surface area contributed by atoms with Crippen LogP contribution in [0.4, 0.5) is 5.69 Å². The first-order valence-electron chi connectivity index (χ1n) is 7.37. The Morgan fingerprint density at radius 2 is 1.88 bits per heavy atom. The van der Waals surface area contributed by atoms with E-state index >= 15 is 0 Å². The highest BCUT2D eigenvalue weighted by Gasteiger charge is 2.14. The van der Waals surface area contributed by atoms with E-state index in [-0.39, 0.29) is 39.0 Å². The maximum Gasteiger partial charge on any atom is 0.281 e. The van der Waals surface area contributed by atoms with Crippen LogP contribution < -0.4 is 5.32 Å². The summed E-state index contributed by atoms with van der Waals surface area (Å²) in [5.74, 6) is -0.351. The zero-order valence-corrected chi connectivity index (χ0v) is 14.3. The van der Waals surface area contributed by atoms with Crippen molar-refractivity contribution in [2.24, 2.45) is 0 Å². The predicted octanol–water partition coefficient (Wildman–Crippen LogP) is 3.07. The lowest BCUT2D eigenvalue weighted by molar-refractivity contribution is -0.114. The third-order valence-electron chi connectivity index (χ3n) is 3.29. The molecule has 26 heavy (non-hydrogen) atoms. The largest absolute Gasteiger partial charge is 0.507 e. The van der Waals surface area contributed by atoms with Crippen molar-refractivity contribution in [2.45, 2.75) is 17.0 Å². The third kappa shape index (κ3) is 3.83. The molecule has 0 aliphatic carbocycles. The summed E-state index contributed by atoms with van der Waals surface area (Å²) in [6, 6.07) is 9.24. The molecular weight excluding hydrogens is 358 g/mol. The Labute approximate surface area is 151 Å². The lowest BCUT2D eigenvalue weighted by atomic mass is 10.2. The van der Waals surface area contributed by atoms with Crippen LogP contribution in [0.2, 0.25) is 0 Å². The molecule has 3 aromatic rings. The Hall–Kier alpha value is -3.33. The second-order valence-electron chi connectivity index (χ2n) is 5.23. The molecule has 1 aromatic heterocycles. The van der Waals surface area contributed by atoms with Gasteiger partial charge in [-0.2, -0.15) is 0 Å². The molecule has 2 aromatic carbocycles. The minimum absolute atomic E-state index is 0.0164. The average Bonchev–Trinajstić information content (AvgIpc) is 3.06. The standard InChI is InChI=1S/C17H13N3O5S/c1-9(22)18-12-4-2-10(3-5-12)16-19-20-17(25-16)26-15-7-13(23)11(8-21)6-14(15)24/h2-8,23-24H,1H3,(H,18,22). The van der Waals surface area contributed by atoms with Crippen molar-refractivity contribution in [3.05, 3.63) is 42.0 Å². The van der Waals surface area contributed by atoms with Gasteiger partial charge in [0.05, 0.1) is 10.5 Å². The van der Waals surface area contributed by atoms with E-state index in [1.165, 1.54) is 13.0 Å². The van der Waals surface area contributed by atoms with E-state index in [1.54, 1.807) is 24.3 Å². The molecule has 0 atom stereocenters. The molecule has 1 heterocycles. The molecule has 0 unspecified atom stereocenters. The first kappa shape index (κ1) is 17.5. The van der Waals surface area contributed by atoms with E-state index < -0.39 is 0 Å². The van der Waals surface area contributed by atoms with Crippen LogP contribution in [0.1, 0.15) is 17.3 Å². The smallest absolute Gasteiger partial charge is 0.281 e. The maximum absolute atomic E-state index is 11.0. The molecule has 0 aliphatic heterocycles. The van der Waals surface area contributed by atoms with E-state index in [0.29, 0.717) is 17.5 Å². The van der Waals surface area contributed by atoms with Crippen molar-refractivity contribution in [3.63, 3.8) is 0 Å². The van der Waals surface area contributed by atoms with Crippen molar-refractivity contribution in [1.29, 1.82) is 0 Å². The fourth-order valence-electron chi connectivity index (χ4n) is 2.11. The normalized spacial score (nSPS) is 10.5. The number of nitrogens with one attached hydrogen (secondary N) is 1. The van der Waals surface area contributed by atoms with Gasteiger partial charge in [0, 0.05) is 18.2 Å². The number of carbonyl (C=O) groups excluding carboxylic acids is 2. The van der Waals surface area contributed by atoms with Gasteiger partial charge in [0.25, 0.3) is 5.22 Å². The van der Waals surface area contributed by atoms with Crippen LogP contribution in [0, 0.1) is 0 Å². The van der Waals surface area contributed by atoms with Crippen LogP contribution in [-0.4, -0.2) is 32.6 Å². The lowest BCUT2D eigenvalue weighted by Gasteiger charge is -2.04. The Morgan fingerprint density at radius 1 is 1.15 bits per heavy atom. The molecule has 1 amide bonds. The topological polar surface area (TPSA) is 126 Å². The molecule has 9 heteroatoms. The number of anilines is 1. The van der Waals surface area contributed by atoms with Crippen LogP contribution >= 0.6 is 11.8 Å². The Balaban J connectivity index is 1.79. The second-order valence-corrected chi connectivity index (χ2v) is 6.22. The number of benzene rings is 2. The Kier molecular flexibility index (Phi) is 4.90. The zero-order chi connectivity index (χ0) is 18.7. The van der Waals surface area contributed by atoms with E-state index in [9.17, 15) is 19.8 Å². The van der Waals surface area contributed by atoms with Gasteiger partial charge in [-0.05, 0) is 48.2 Å². The van der Waals surface area contributed by atoms with Gasteiger partial charge in [-0.1, -0.05) is 0 Å². The van der Waals surface area contributed by atoms with Gasteiger partial charge < -0.3 is 19.9 Å². The molecule has 0 aliphatic rings. The number of aromatic hydroxyl groups is 2. The van der Waals surface area contributed by atoms with Gasteiger partial charge in [-0.3, -0.25) is 9.59 Å². The summed E-state index contributed by atoms with van der Waals surface area (Å²) in [6.45, 7) is 1.42. The number of rotatable bonds is 5. The summed E-state index contributed by atoms with van der Waals surface area (Å²) >= 11 is 0.951. The number of amides is 1. The number of aldehydes is 1. The number of carbonyl (C=O) groups is 2. The molecule has 3 N–H and O–H groups in total. The molecule has 8 nitrogen and oxygen atoms in total. The van der Waals surface area contributed by atoms with E-state index in [1.807, 2.05) is 0 Å². The minimum Gasteiger partial charge on any atom is -0.507 e. The minimum atomic E-state index is -0.256. The molecule has 0 spiro atoms. The number of hydrogen-bond donors (Lipinski definition) is 3. The molecule has 0 saturated heterocycles. The van der Waals surface area contributed by atoms with Crippen molar-refractivity contribution in [2.75, 3.05) is 5.32 Å². The molecule has 0 radical (unpaired) electrons. The third-order valence-corrected chi connectivity index (χ3v) is 4.18. The van der Waals surface area contributed by atoms with Gasteiger partial charge >= 0.3 is 0 Å². The van der Waals surface area contributed by atoms with Gasteiger partial charge in [0.1, 0.15) is 11.5 Å². The quantitative estimate of drug-likeness (QED) is 0.461. The number of nitrogens with zero attached hydrogens (tertiary/aromatic N) is 2. The lowest BCUT2D eigenvalue weighted by Crippen LogP contribution is -2.05. The number of phenols is 2. The zero-order valence-electron chi connectivity index (χ0n) is 13.5. The predicted molar refractivity (Wildman–Crippen MR) is 93.3 cm³/mol. The highest BCUT2D eigenvalue weighted by molar-refractivity contribution is 7.99. The van der Waals surface area contributed by atoms with Crippen LogP contribution in [0.5, 0.6) is 11.5 Å². The number of phenolic OH excluding ortho intramolecular Hbond substituents is 2. The summed E-state index contributed by atoms with van der Waals surface area (Å²) in [4.78, 5) is 22.0. The van der Waals surface area contributed by atoms with Crippen molar-refractivity contribution in [3.8, 4) is 23.0 Å². The average molecular weight is 371 g/mol. The summed E-state index contributed by atoms with van der Waals surface area (Å²) in [5.41, 5.74) is 1.28. The van der Waals surface area contributed by atoms with Crippen LogP contribution in [-0.2, 0) is 4.79 Å². The van der Waals surface area contributed by atoms with Crippen molar-refractivity contribution >= 4 is 29.6 Å². The fourth-order valence-corrected chi connectivity index (χ4v) is 2.84. The highest BCUT2D eigenvalue weighted by Crippen LogP contribution is 2.38. The summed E-state index contributed by atoms with van der Waals surface area (Å²) in [7, 11) is 0.